The lowest BCUT2D eigenvalue weighted by Gasteiger charge is -2.05. The normalized spacial score (nSPS) is 11.4. The molecule has 128 valence electrons. The van der Waals surface area contributed by atoms with Gasteiger partial charge in [-0.1, -0.05) is 41.9 Å². The van der Waals surface area contributed by atoms with Gasteiger partial charge < -0.3 is 10.6 Å². The molecule has 3 aromatic rings. The lowest BCUT2D eigenvalue weighted by Crippen LogP contribution is -2.10. The number of benzene rings is 2. The fourth-order valence-corrected chi connectivity index (χ4v) is 2.88. The van der Waals surface area contributed by atoms with Crippen LogP contribution in [-0.4, -0.2) is 9.36 Å². The third kappa shape index (κ3) is 5.01. The van der Waals surface area contributed by atoms with Gasteiger partial charge in [0, 0.05) is 35.5 Å². The average Bonchev–Trinajstić information content (AvgIpc) is 3.04. The molecule has 1 heterocycles. The molecule has 4 nitrogen and oxygen atoms in total. The lowest BCUT2D eigenvalue weighted by atomic mass is 10.2. The van der Waals surface area contributed by atoms with Gasteiger partial charge in [-0.05, 0) is 30.7 Å². The molecule has 0 unspecified atom stereocenters. The molecule has 0 saturated carbocycles. The summed E-state index contributed by atoms with van der Waals surface area (Å²) >= 11 is 7.00. The number of rotatable bonds is 6. The molecule has 0 bridgehead atoms. The van der Waals surface area contributed by atoms with Crippen LogP contribution >= 0.6 is 23.1 Å². The minimum absolute atomic E-state index is 0.0654. The maximum Gasteiger partial charge on any atom is 0.207 e. The van der Waals surface area contributed by atoms with Gasteiger partial charge in [-0.3, -0.25) is 0 Å². The summed E-state index contributed by atoms with van der Waals surface area (Å²) in [4.78, 5) is 4.40. The second-order valence-corrected chi connectivity index (χ2v) is 6.54. The molecular weight excluding hydrogens is 359 g/mol. The maximum atomic E-state index is 13.2. The standard InChI is InChI=1S/C18H16ClFN4S/c1-12(21-11-13-5-3-2-4-6-13)9-17-23-18(25-24-17)22-14-7-8-16(20)15(19)10-14/h2-10,21H,11H2,1H3,(H,22,23,24)/b12-9+. The van der Waals surface area contributed by atoms with Crippen LogP contribution in [0.3, 0.4) is 0 Å². The highest BCUT2D eigenvalue weighted by atomic mass is 35.5. The van der Waals surface area contributed by atoms with Crippen molar-refractivity contribution in [3.05, 3.63) is 76.5 Å². The van der Waals surface area contributed by atoms with E-state index in [4.69, 9.17) is 11.6 Å². The first-order valence-corrected chi connectivity index (χ1v) is 8.77. The Bertz CT molecular complexity index is 880. The van der Waals surface area contributed by atoms with E-state index in [0.29, 0.717) is 16.6 Å². The molecule has 25 heavy (non-hydrogen) atoms. The van der Waals surface area contributed by atoms with Crippen molar-refractivity contribution in [3.63, 3.8) is 0 Å². The second-order valence-electron chi connectivity index (χ2n) is 5.38. The molecule has 1 aromatic heterocycles. The van der Waals surface area contributed by atoms with Crippen molar-refractivity contribution in [1.29, 1.82) is 0 Å². The number of aromatic nitrogens is 2. The zero-order valence-electron chi connectivity index (χ0n) is 13.5. The van der Waals surface area contributed by atoms with Gasteiger partial charge in [-0.25, -0.2) is 4.39 Å². The molecule has 0 atom stereocenters. The van der Waals surface area contributed by atoms with E-state index in [1.807, 2.05) is 31.2 Å². The van der Waals surface area contributed by atoms with Gasteiger partial charge in [-0.2, -0.15) is 9.36 Å². The number of nitrogens with one attached hydrogen (secondary N) is 2. The van der Waals surface area contributed by atoms with Crippen LogP contribution in [0.4, 0.5) is 15.2 Å². The molecule has 0 aliphatic carbocycles. The molecular formula is C18H16ClFN4S. The van der Waals surface area contributed by atoms with E-state index in [-0.39, 0.29) is 5.02 Å². The first-order chi connectivity index (χ1) is 12.1. The summed E-state index contributed by atoms with van der Waals surface area (Å²) in [6.45, 7) is 2.71. The van der Waals surface area contributed by atoms with Crippen molar-refractivity contribution in [2.45, 2.75) is 13.5 Å². The average molecular weight is 375 g/mol. The fraction of sp³-hybridized carbons (Fsp3) is 0.111. The molecule has 2 N–H and O–H groups in total. The number of halogens is 2. The second kappa shape index (κ2) is 8.09. The predicted molar refractivity (Wildman–Crippen MR) is 102 cm³/mol. The van der Waals surface area contributed by atoms with E-state index in [0.717, 1.165) is 12.2 Å². The van der Waals surface area contributed by atoms with Crippen LogP contribution in [0.25, 0.3) is 6.08 Å². The van der Waals surface area contributed by atoms with Gasteiger partial charge in [0.1, 0.15) is 5.82 Å². The molecule has 3 rings (SSSR count). The molecule has 0 aliphatic heterocycles. The molecule has 0 amide bonds. The molecule has 0 aliphatic rings. The van der Waals surface area contributed by atoms with Gasteiger partial charge in [0.2, 0.25) is 5.13 Å². The molecule has 7 heteroatoms. The van der Waals surface area contributed by atoms with Crippen LogP contribution in [0.15, 0.2) is 54.2 Å². The molecule has 2 aromatic carbocycles. The largest absolute Gasteiger partial charge is 0.384 e. The Morgan fingerprint density at radius 1 is 1.24 bits per heavy atom. The minimum Gasteiger partial charge on any atom is -0.384 e. The zero-order chi connectivity index (χ0) is 17.6. The SMILES string of the molecule is C/C(=C\c1nsc(Nc2ccc(F)c(Cl)c2)n1)NCc1ccccc1. The highest BCUT2D eigenvalue weighted by Crippen LogP contribution is 2.24. The summed E-state index contributed by atoms with van der Waals surface area (Å²) in [7, 11) is 0. The lowest BCUT2D eigenvalue weighted by molar-refractivity contribution is 0.628. The zero-order valence-corrected chi connectivity index (χ0v) is 15.0. The number of nitrogens with zero attached hydrogens (tertiary/aromatic N) is 2. The Kier molecular flexibility index (Phi) is 5.63. The fourth-order valence-electron chi connectivity index (χ4n) is 2.12. The van der Waals surface area contributed by atoms with Gasteiger partial charge in [0.15, 0.2) is 5.82 Å². The Morgan fingerprint density at radius 2 is 2.04 bits per heavy atom. The van der Waals surface area contributed by atoms with Crippen molar-refractivity contribution in [1.82, 2.24) is 14.7 Å². The molecule has 0 radical (unpaired) electrons. The van der Waals surface area contributed by atoms with Crippen LogP contribution < -0.4 is 10.6 Å². The van der Waals surface area contributed by atoms with Crippen molar-refractivity contribution in [3.8, 4) is 0 Å². The summed E-state index contributed by atoms with van der Waals surface area (Å²) in [5, 5.41) is 7.07. The Hall–Kier alpha value is -2.44. The first-order valence-electron chi connectivity index (χ1n) is 7.62. The predicted octanol–water partition coefficient (Wildman–Crippen LogP) is 5.22. The number of hydrogen-bond acceptors (Lipinski definition) is 5. The summed E-state index contributed by atoms with van der Waals surface area (Å²) in [5.41, 5.74) is 2.84. The van der Waals surface area contributed by atoms with Crippen molar-refractivity contribution >= 4 is 40.0 Å². The quantitative estimate of drug-likeness (QED) is 0.620. The summed E-state index contributed by atoms with van der Waals surface area (Å²) in [6, 6.07) is 14.6. The van der Waals surface area contributed by atoms with Crippen molar-refractivity contribution in [2.75, 3.05) is 5.32 Å². The number of hydrogen-bond donors (Lipinski definition) is 2. The van der Waals surface area contributed by atoms with Gasteiger partial charge >= 0.3 is 0 Å². The van der Waals surface area contributed by atoms with E-state index >= 15 is 0 Å². The van der Waals surface area contributed by atoms with E-state index in [1.54, 1.807) is 6.07 Å². The topological polar surface area (TPSA) is 49.8 Å². The highest BCUT2D eigenvalue weighted by molar-refractivity contribution is 7.09. The summed E-state index contributed by atoms with van der Waals surface area (Å²) in [6.07, 6.45) is 1.88. The van der Waals surface area contributed by atoms with E-state index < -0.39 is 5.82 Å². The smallest absolute Gasteiger partial charge is 0.207 e. The molecule has 0 fully saturated rings. The van der Waals surface area contributed by atoms with Crippen LogP contribution in [0.1, 0.15) is 18.3 Å². The maximum absolute atomic E-state index is 13.2. The van der Waals surface area contributed by atoms with E-state index in [2.05, 4.69) is 32.1 Å². The Balaban J connectivity index is 1.61. The third-order valence-corrected chi connectivity index (χ3v) is 4.31. The third-order valence-electron chi connectivity index (χ3n) is 3.37. The van der Waals surface area contributed by atoms with Crippen molar-refractivity contribution in [2.24, 2.45) is 0 Å². The highest BCUT2D eigenvalue weighted by Gasteiger charge is 2.05. The van der Waals surface area contributed by atoms with Gasteiger partial charge in [-0.15, -0.1) is 0 Å². The summed E-state index contributed by atoms with van der Waals surface area (Å²) < 4.78 is 17.5. The van der Waals surface area contributed by atoms with Crippen LogP contribution in [0.2, 0.25) is 5.02 Å². The van der Waals surface area contributed by atoms with E-state index in [1.165, 1.54) is 29.2 Å². The molecule has 0 spiro atoms. The monoisotopic (exact) mass is 374 g/mol. The summed E-state index contributed by atoms with van der Waals surface area (Å²) in [5.74, 6) is 0.159. The Labute approximate surface area is 154 Å². The van der Waals surface area contributed by atoms with Gasteiger partial charge in [0.25, 0.3) is 0 Å². The number of allylic oxidation sites excluding steroid dienone is 1. The number of anilines is 2. The van der Waals surface area contributed by atoms with E-state index in [9.17, 15) is 4.39 Å². The Morgan fingerprint density at radius 3 is 2.80 bits per heavy atom. The van der Waals surface area contributed by atoms with Crippen molar-refractivity contribution < 1.29 is 4.39 Å². The minimum atomic E-state index is -0.451. The van der Waals surface area contributed by atoms with Crippen LogP contribution in [0.5, 0.6) is 0 Å². The van der Waals surface area contributed by atoms with Crippen LogP contribution in [0, 0.1) is 5.82 Å². The first kappa shape index (κ1) is 17.4. The molecule has 0 saturated heterocycles. The van der Waals surface area contributed by atoms with Crippen LogP contribution in [-0.2, 0) is 6.54 Å². The van der Waals surface area contributed by atoms with Gasteiger partial charge in [0.05, 0.1) is 5.02 Å².